The van der Waals surface area contributed by atoms with Crippen LogP contribution in [0.4, 0.5) is 5.69 Å². The predicted molar refractivity (Wildman–Crippen MR) is 131 cm³/mol. The Kier molecular flexibility index (Phi) is 6.04. The molecule has 0 bridgehead atoms. The quantitative estimate of drug-likeness (QED) is 0.491. The summed E-state index contributed by atoms with van der Waals surface area (Å²) in [6.45, 7) is 6.08. The molecule has 0 radical (unpaired) electrons. The maximum atomic E-state index is 12.8. The number of amides is 1. The van der Waals surface area contributed by atoms with Crippen LogP contribution in [-0.2, 0) is 17.6 Å². The van der Waals surface area contributed by atoms with Gasteiger partial charge in [0, 0.05) is 41.2 Å². The number of carboxylic acids is 1. The van der Waals surface area contributed by atoms with Crippen molar-refractivity contribution in [2.24, 2.45) is 11.1 Å². The van der Waals surface area contributed by atoms with E-state index in [4.69, 9.17) is 5.73 Å². The van der Waals surface area contributed by atoms with Gasteiger partial charge in [-0.1, -0.05) is 44.2 Å². The van der Waals surface area contributed by atoms with Gasteiger partial charge in [-0.15, -0.1) is 0 Å². The number of Topliss-reactive ketones (excluding diaryl/α,β-unsaturated/α-hetero) is 1. The lowest BCUT2D eigenvalue weighted by Crippen LogP contribution is -2.32. The zero-order valence-electron chi connectivity index (χ0n) is 19.6. The van der Waals surface area contributed by atoms with E-state index >= 15 is 0 Å². The normalized spacial score (nSPS) is 15.4. The molecule has 1 aromatic heterocycles. The number of primary amides is 1. The lowest BCUT2D eigenvalue weighted by molar-refractivity contribution is -0.137. The predicted octanol–water partition coefficient (Wildman–Crippen LogP) is 4.15. The fourth-order valence-electron chi connectivity index (χ4n) is 4.75. The lowest BCUT2D eigenvalue weighted by atomic mass is 9.76. The summed E-state index contributed by atoms with van der Waals surface area (Å²) in [5.74, 6) is -1.57. The van der Waals surface area contributed by atoms with Crippen LogP contribution >= 0.6 is 0 Å². The average Bonchev–Trinajstić information content (AvgIpc) is 3.08. The van der Waals surface area contributed by atoms with Gasteiger partial charge >= 0.3 is 5.97 Å². The number of nitrogens with two attached hydrogens (primary N) is 1. The van der Waals surface area contributed by atoms with Gasteiger partial charge in [0.15, 0.2) is 5.78 Å². The molecular formula is C27H29N3O4. The molecule has 1 aliphatic rings. The smallest absolute Gasteiger partial charge is 0.326 e. The molecule has 0 saturated carbocycles. The zero-order chi connectivity index (χ0) is 24.6. The van der Waals surface area contributed by atoms with Crippen molar-refractivity contribution in [3.63, 3.8) is 0 Å². The summed E-state index contributed by atoms with van der Waals surface area (Å²) in [5.41, 5.74) is 10.1. The van der Waals surface area contributed by atoms with Gasteiger partial charge in [0.25, 0.3) is 5.91 Å². The molecule has 0 aliphatic heterocycles. The molecule has 1 aliphatic carbocycles. The zero-order valence-corrected chi connectivity index (χ0v) is 19.6. The van der Waals surface area contributed by atoms with Crippen LogP contribution in [0.1, 0.15) is 57.9 Å². The second kappa shape index (κ2) is 8.82. The third-order valence-corrected chi connectivity index (χ3v) is 6.31. The number of aliphatic carboxylic acids is 1. The van der Waals surface area contributed by atoms with Crippen LogP contribution in [0, 0.1) is 12.3 Å². The first-order chi connectivity index (χ1) is 16.1. The number of hydrogen-bond donors (Lipinski definition) is 3. The van der Waals surface area contributed by atoms with Gasteiger partial charge in [-0.2, -0.15) is 0 Å². The third-order valence-electron chi connectivity index (χ3n) is 6.31. The number of benzene rings is 2. The molecule has 0 saturated heterocycles. The molecule has 34 heavy (non-hydrogen) atoms. The molecule has 3 aromatic rings. The maximum Gasteiger partial charge on any atom is 0.326 e. The highest BCUT2D eigenvalue weighted by Gasteiger charge is 2.34. The second-order valence-electron chi connectivity index (χ2n) is 9.74. The van der Waals surface area contributed by atoms with Crippen molar-refractivity contribution in [3.05, 3.63) is 82.7 Å². The number of ketones is 1. The molecule has 4 N–H and O–H groups in total. The van der Waals surface area contributed by atoms with Crippen LogP contribution in [-0.4, -0.2) is 33.4 Å². The van der Waals surface area contributed by atoms with E-state index in [1.54, 1.807) is 18.2 Å². The molecule has 176 valence electrons. The molecule has 7 heteroatoms. The summed E-state index contributed by atoms with van der Waals surface area (Å²) in [6, 6.07) is 15.3. The molecule has 4 rings (SSSR count). The number of carbonyl (C=O) groups excluding carboxylic acids is 2. The number of anilines is 1. The molecule has 0 unspecified atom stereocenters. The molecule has 7 nitrogen and oxygen atoms in total. The van der Waals surface area contributed by atoms with Gasteiger partial charge in [-0.3, -0.25) is 9.59 Å². The van der Waals surface area contributed by atoms with Crippen molar-refractivity contribution in [1.29, 1.82) is 0 Å². The summed E-state index contributed by atoms with van der Waals surface area (Å²) in [6.07, 6.45) is 1.46. The molecule has 0 fully saturated rings. The monoisotopic (exact) mass is 459 g/mol. The number of carboxylic acid groups (broad SMARTS) is 1. The summed E-state index contributed by atoms with van der Waals surface area (Å²) in [7, 11) is 0. The summed E-state index contributed by atoms with van der Waals surface area (Å²) in [5, 5.41) is 12.9. The van der Waals surface area contributed by atoms with Crippen LogP contribution in [0.5, 0.6) is 0 Å². The van der Waals surface area contributed by atoms with Crippen molar-refractivity contribution in [1.82, 2.24) is 4.57 Å². The topological polar surface area (TPSA) is 114 Å². The van der Waals surface area contributed by atoms with Crippen LogP contribution < -0.4 is 11.1 Å². The minimum absolute atomic E-state index is 0.119. The van der Waals surface area contributed by atoms with E-state index in [1.165, 1.54) is 0 Å². The van der Waals surface area contributed by atoms with Crippen molar-refractivity contribution in [2.75, 3.05) is 5.32 Å². The number of carbonyl (C=O) groups is 3. The fraction of sp³-hybridized carbons (Fsp3) is 0.296. The molecule has 1 amide bonds. The minimum Gasteiger partial charge on any atom is -0.480 e. The standard InChI is InChI=1S/C27H29N3O4/c1-16-11-20-23(14-27(2,3)15-24(20)31)30(16)18-9-10-19(25(28)32)21(13-18)29-22(26(33)34)12-17-7-5-4-6-8-17/h4-11,13,22,29H,12,14-15H2,1-3H3,(H2,28,32)(H,33,34)/t22-/m0/s1. The van der Waals surface area contributed by atoms with Gasteiger partial charge in [-0.25, -0.2) is 4.79 Å². The lowest BCUT2D eigenvalue weighted by Gasteiger charge is -2.30. The van der Waals surface area contributed by atoms with E-state index in [0.29, 0.717) is 12.1 Å². The molecule has 0 spiro atoms. The number of hydrogen-bond acceptors (Lipinski definition) is 4. The Labute approximate surface area is 198 Å². The first kappa shape index (κ1) is 23.3. The Balaban J connectivity index is 1.76. The largest absolute Gasteiger partial charge is 0.480 e. The van der Waals surface area contributed by atoms with Gasteiger partial charge in [0.2, 0.25) is 0 Å². The van der Waals surface area contributed by atoms with E-state index in [0.717, 1.165) is 34.6 Å². The van der Waals surface area contributed by atoms with Gasteiger partial charge in [0.1, 0.15) is 6.04 Å². The molecule has 2 aromatic carbocycles. The van der Waals surface area contributed by atoms with Crippen molar-refractivity contribution in [2.45, 2.75) is 46.1 Å². The average molecular weight is 460 g/mol. The van der Waals surface area contributed by atoms with Gasteiger partial charge in [0.05, 0.1) is 5.56 Å². The van der Waals surface area contributed by atoms with Crippen molar-refractivity contribution >= 4 is 23.3 Å². The van der Waals surface area contributed by atoms with Crippen LogP contribution in [0.25, 0.3) is 5.69 Å². The number of rotatable bonds is 7. The van der Waals surface area contributed by atoms with E-state index in [1.807, 2.05) is 47.9 Å². The molecular weight excluding hydrogens is 430 g/mol. The molecule has 1 atom stereocenters. The number of fused-ring (bicyclic) bond motifs is 1. The second-order valence-corrected chi connectivity index (χ2v) is 9.74. The van der Waals surface area contributed by atoms with E-state index in [-0.39, 0.29) is 23.2 Å². The van der Waals surface area contributed by atoms with Gasteiger partial charge < -0.3 is 20.7 Å². The Hall–Kier alpha value is -3.87. The van der Waals surface area contributed by atoms with Crippen LogP contribution in [0.2, 0.25) is 0 Å². The number of aromatic nitrogens is 1. The Morgan fingerprint density at radius 3 is 2.47 bits per heavy atom. The summed E-state index contributed by atoms with van der Waals surface area (Å²) >= 11 is 0. The van der Waals surface area contributed by atoms with E-state index < -0.39 is 17.9 Å². The summed E-state index contributed by atoms with van der Waals surface area (Å²) in [4.78, 5) is 36.9. The highest BCUT2D eigenvalue weighted by atomic mass is 16.4. The highest BCUT2D eigenvalue weighted by Crippen LogP contribution is 2.38. The third kappa shape index (κ3) is 4.59. The first-order valence-corrected chi connectivity index (χ1v) is 11.3. The Morgan fingerprint density at radius 1 is 1.12 bits per heavy atom. The van der Waals surface area contributed by atoms with Crippen molar-refractivity contribution in [3.8, 4) is 5.69 Å². The fourth-order valence-corrected chi connectivity index (χ4v) is 4.75. The Bertz CT molecular complexity index is 1270. The first-order valence-electron chi connectivity index (χ1n) is 11.3. The number of nitrogens with zero attached hydrogens (tertiary/aromatic N) is 1. The SMILES string of the molecule is Cc1cc2c(n1-c1ccc(C(N)=O)c(N[C@@H](Cc3ccccc3)C(=O)O)c1)CC(C)(C)CC2=O. The number of nitrogens with one attached hydrogen (secondary N) is 1. The number of aryl methyl sites for hydroxylation is 1. The molecule has 1 heterocycles. The summed E-state index contributed by atoms with van der Waals surface area (Å²) < 4.78 is 2.01. The Morgan fingerprint density at radius 2 is 1.82 bits per heavy atom. The van der Waals surface area contributed by atoms with Crippen LogP contribution in [0.15, 0.2) is 54.6 Å². The minimum atomic E-state index is -1.04. The van der Waals surface area contributed by atoms with Crippen molar-refractivity contribution < 1.29 is 19.5 Å². The van der Waals surface area contributed by atoms with E-state index in [9.17, 15) is 19.5 Å². The van der Waals surface area contributed by atoms with E-state index in [2.05, 4.69) is 19.2 Å². The highest BCUT2D eigenvalue weighted by molar-refractivity contribution is 6.00. The van der Waals surface area contributed by atoms with Gasteiger partial charge in [-0.05, 0) is 48.6 Å². The maximum absolute atomic E-state index is 12.8. The van der Waals surface area contributed by atoms with Crippen LogP contribution in [0.3, 0.4) is 0 Å².